The molecule has 1 aliphatic heterocycles. The molecule has 1 fully saturated rings. The van der Waals surface area contributed by atoms with Gasteiger partial charge in [-0.25, -0.2) is 0 Å². The van der Waals surface area contributed by atoms with Gasteiger partial charge in [0.05, 0.1) is 12.1 Å². The SMILES string of the molecule is CCCNC(c1cccc2ccccc12)C1CCCCO1. The molecule has 21 heavy (non-hydrogen) atoms. The van der Waals surface area contributed by atoms with Crippen LogP contribution < -0.4 is 5.32 Å². The average molecular weight is 283 g/mol. The van der Waals surface area contributed by atoms with Crippen molar-refractivity contribution >= 4 is 10.8 Å². The van der Waals surface area contributed by atoms with E-state index >= 15 is 0 Å². The highest BCUT2D eigenvalue weighted by molar-refractivity contribution is 5.86. The smallest absolute Gasteiger partial charge is 0.0769 e. The Morgan fingerprint density at radius 3 is 2.81 bits per heavy atom. The van der Waals surface area contributed by atoms with E-state index in [0.717, 1.165) is 26.0 Å². The quantitative estimate of drug-likeness (QED) is 0.875. The van der Waals surface area contributed by atoms with Crippen LogP contribution in [0.1, 0.15) is 44.2 Å². The van der Waals surface area contributed by atoms with E-state index in [1.54, 1.807) is 0 Å². The van der Waals surface area contributed by atoms with E-state index in [9.17, 15) is 0 Å². The number of ether oxygens (including phenoxy) is 1. The minimum atomic E-state index is 0.302. The van der Waals surface area contributed by atoms with Gasteiger partial charge < -0.3 is 10.1 Å². The molecular formula is C19H25NO. The van der Waals surface area contributed by atoms with Crippen LogP contribution in [0.15, 0.2) is 42.5 Å². The monoisotopic (exact) mass is 283 g/mol. The number of hydrogen-bond acceptors (Lipinski definition) is 2. The van der Waals surface area contributed by atoms with Gasteiger partial charge in [0.25, 0.3) is 0 Å². The maximum absolute atomic E-state index is 6.08. The fraction of sp³-hybridized carbons (Fsp3) is 0.474. The van der Waals surface area contributed by atoms with Gasteiger partial charge in [-0.1, -0.05) is 49.4 Å². The first kappa shape index (κ1) is 14.6. The molecule has 0 bridgehead atoms. The molecule has 2 atom stereocenters. The summed E-state index contributed by atoms with van der Waals surface area (Å²) in [5.74, 6) is 0. The molecule has 1 saturated heterocycles. The summed E-state index contributed by atoms with van der Waals surface area (Å²) in [4.78, 5) is 0. The lowest BCUT2D eigenvalue weighted by Crippen LogP contribution is -2.36. The van der Waals surface area contributed by atoms with Crippen molar-refractivity contribution in [2.24, 2.45) is 0 Å². The van der Waals surface area contributed by atoms with Crippen LogP contribution in [0.5, 0.6) is 0 Å². The number of benzene rings is 2. The summed E-state index contributed by atoms with van der Waals surface area (Å²) >= 11 is 0. The number of hydrogen-bond donors (Lipinski definition) is 1. The Balaban J connectivity index is 1.96. The van der Waals surface area contributed by atoms with Gasteiger partial charge in [-0.05, 0) is 48.6 Å². The van der Waals surface area contributed by atoms with E-state index in [4.69, 9.17) is 4.74 Å². The molecule has 0 saturated carbocycles. The Morgan fingerprint density at radius 2 is 2.00 bits per heavy atom. The second-order valence-electron chi connectivity index (χ2n) is 5.91. The first-order valence-corrected chi connectivity index (χ1v) is 8.23. The maximum Gasteiger partial charge on any atom is 0.0769 e. The van der Waals surface area contributed by atoms with Crippen molar-refractivity contribution in [3.63, 3.8) is 0 Å². The molecule has 2 aromatic carbocycles. The molecule has 2 nitrogen and oxygen atoms in total. The zero-order valence-electron chi connectivity index (χ0n) is 12.8. The third kappa shape index (κ3) is 3.28. The Kier molecular flexibility index (Phi) is 4.89. The molecule has 0 aromatic heterocycles. The van der Waals surface area contributed by atoms with Crippen molar-refractivity contribution in [3.8, 4) is 0 Å². The summed E-state index contributed by atoms with van der Waals surface area (Å²) in [6, 6.07) is 15.6. The highest BCUT2D eigenvalue weighted by Gasteiger charge is 2.26. The van der Waals surface area contributed by atoms with Crippen molar-refractivity contribution in [1.82, 2.24) is 5.32 Å². The number of nitrogens with one attached hydrogen (secondary N) is 1. The molecule has 3 rings (SSSR count). The largest absolute Gasteiger partial charge is 0.376 e. The lowest BCUT2D eigenvalue weighted by atomic mass is 9.92. The summed E-state index contributed by atoms with van der Waals surface area (Å²) in [5.41, 5.74) is 1.38. The maximum atomic E-state index is 6.08. The molecule has 0 aliphatic carbocycles. The molecule has 1 N–H and O–H groups in total. The van der Waals surface area contributed by atoms with Gasteiger partial charge >= 0.3 is 0 Å². The van der Waals surface area contributed by atoms with E-state index in [2.05, 4.69) is 54.7 Å². The van der Waals surface area contributed by atoms with Gasteiger partial charge in [0.2, 0.25) is 0 Å². The predicted molar refractivity (Wildman–Crippen MR) is 88.6 cm³/mol. The first-order chi connectivity index (χ1) is 10.4. The van der Waals surface area contributed by atoms with Gasteiger partial charge in [0, 0.05) is 6.61 Å². The third-order valence-corrected chi connectivity index (χ3v) is 4.36. The Morgan fingerprint density at radius 1 is 1.14 bits per heavy atom. The molecule has 2 heteroatoms. The van der Waals surface area contributed by atoms with Crippen LogP contribution in [-0.2, 0) is 4.74 Å². The van der Waals surface area contributed by atoms with Crippen LogP contribution in [0.2, 0.25) is 0 Å². The van der Waals surface area contributed by atoms with Gasteiger partial charge in [-0.2, -0.15) is 0 Å². The molecule has 2 aromatic rings. The van der Waals surface area contributed by atoms with Crippen molar-refractivity contribution in [2.45, 2.75) is 44.8 Å². The first-order valence-electron chi connectivity index (χ1n) is 8.23. The zero-order valence-corrected chi connectivity index (χ0v) is 12.8. The highest BCUT2D eigenvalue weighted by atomic mass is 16.5. The summed E-state index contributed by atoms with van der Waals surface area (Å²) in [6.07, 6.45) is 5.08. The average Bonchev–Trinajstić information content (AvgIpc) is 2.56. The lowest BCUT2D eigenvalue weighted by Gasteiger charge is -2.32. The molecule has 0 spiro atoms. The Labute approximate surface area is 127 Å². The van der Waals surface area contributed by atoms with Crippen LogP contribution in [0, 0.1) is 0 Å². The molecule has 0 radical (unpaired) electrons. The topological polar surface area (TPSA) is 21.3 Å². The fourth-order valence-corrected chi connectivity index (χ4v) is 3.29. The zero-order chi connectivity index (χ0) is 14.5. The molecule has 0 amide bonds. The molecular weight excluding hydrogens is 258 g/mol. The van der Waals surface area contributed by atoms with E-state index in [0.29, 0.717) is 12.1 Å². The fourth-order valence-electron chi connectivity index (χ4n) is 3.29. The predicted octanol–water partition coefficient (Wildman–Crippen LogP) is 4.45. The van der Waals surface area contributed by atoms with Gasteiger partial charge in [0.15, 0.2) is 0 Å². The van der Waals surface area contributed by atoms with Crippen LogP contribution in [0.3, 0.4) is 0 Å². The molecule has 112 valence electrons. The van der Waals surface area contributed by atoms with Gasteiger partial charge in [-0.15, -0.1) is 0 Å². The Hall–Kier alpha value is -1.38. The molecule has 2 unspecified atom stereocenters. The summed E-state index contributed by atoms with van der Waals surface area (Å²) in [7, 11) is 0. The third-order valence-electron chi connectivity index (χ3n) is 4.36. The highest BCUT2D eigenvalue weighted by Crippen LogP contribution is 2.31. The molecule has 1 aliphatic rings. The second-order valence-corrected chi connectivity index (χ2v) is 5.91. The summed E-state index contributed by atoms with van der Waals surface area (Å²) in [6.45, 7) is 4.16. The van der Waals surface area contributed by atoms with E-state index in [-0.39, 0.29) is 0 Å². The number of fused-ring (bicyclic) bond motifs is 1. The van der Waals surface area contributed by atoms with Gasteiger partial charge in [-0.3, -0.25) is 0 Å². The van der Waals surface area contributed by atoms with Gasteiger partial charge in [0.1, 0.15) is 0 Å². The van der Waals surface area contributed by atoms with Crippen molar-refractivity contribution in [2.75, 3.05) is 13.2 Å². The normalized spacial score (nSPS) is 20.5. The Bertz CT molecular complexity index is 569. The van der Waals surface area contributed by atoms with E-state index < -0.39 is 0 Å². The summed E-state index contributed by atoms with van der Waals surface area (Å²) < 4.78 is 6.08. The standard InChI is InChI=1S/C19H25NO/c1-2-13-20-19(18-12-5-6-14-21-18)17-11-7-9-15-8-3-4-10-16(15)17/h3-4,7-11,18-20H,2,5-6,12-14H2,1H3. The minimum absolute atomic E-state index is 0.302. The van der Waals surface area contributed by atoms with Crippen LogP contribution in [0.25, 0.3) is 10.8 Å². The van der Waals surface area contributed by atoms with Crippen LogP contribution in [-0.4, -0.2) is 19.3 Å². The van der Waals surface area contributed by atoms with E-state index in [1.165, 1.54) is 29.2 Å². The van der Waals surface area contributed by atoms with Crippen molar-refractivity contribution < 1.29 is 4.74 Å². The minimum Gasteiger partial charge on any atom is -0.376 e. The second kappa shape index (κ2) is 7.06. The van der Waals surface area contributed by atoms with Crippen molar-refractivity contribution in [3.05, 3.63) is 48.0 Å². The molecule has 1 heterocycles. The lowest BCUT2D eigenvalue weighted by molar-refractivity contribution is -0.00785. The number of rotatable bonds is 5. The summed E-state index contributed by atoms with van der Waals surface area (Å²) in [5, 5.41) is 6.39. The van der Waals surface area contributed by atoms with Crippen molar-refractivity contribution in [1.29, 1.82) is 0 Å². The van der Waals surface area contributed by atoms with Crippen LogP contribution in [0.4, 0.5) is 0 Å². The van der Waals surface area contributed by atoms with Crippen LogP contribution >= 0.6 is 0 Å². The van der Waals surface area contributed by atoms with E-state index in [1.807, 2.05) is 0 Å².